The molecule has 0 aliphatic heterocycles. The van der Waals surface area contributed by atoms with Gasteiger partial charge in [0.2, 0.25) is 0 Å². The minimum atomic E-state index is -0.459. The number of aliphatic hydroxyl groups is 9. The van der Waals surface area contributed by atoms with Crippen LogP contribution in [-0.2, 0) is 0 Å². The molecule has 20 rings (SSSR count). The van der Waals surface area contributed by atoms with Crippen molar-refractivity contribution < 1.29 is 46.0 Å². The molecule has 0 saturated heterocycles. The minimum absolute atomic E-state index is 0.113. The molecule has 19 fully saturated rings. The van der Waals surface area contributed by atoms with Crippen molar-refractivity contribution in [3.63, 3.8) is 0 Å². The van der Waals surface area contributed by atoms with Gasteiger partial charge in [-0.3, -0.25) is 0 Å². The fraction of sp³-hybridized carbons (Fsp3) is 0.985. The van der Waals surface area contributed by atoms with E-state index in [4.69, 9.17) is 5.11 Å². The van der Waals surface area contributed by atoms with Crippen LogP contribution < -0.4 is 0 Å². The third-order valence-corrected chi connectivity index (χ3v) is 54.7. The normalized spacial score (nSPS) is 48.3. The van der Waals surface area contributed by atoms with E-state index in [0.29, 0.717) is 112 Å². The Morgan fingerprint density at radius 1 is 0.246 bits per heavy atom. The molecule has 9 nitrogen and oxygen atoms in total. The van der Waals surface area contributed by atoms with Crippen molar-refractivity contribution in [1.82, 2.24) is 0 Å². The average molecular weight is 1980 g/mol. The molecule has 0 spiro atoms. The monoisotopic (exact) mass is 1980 g/mol. The fourth-order valence-electron chi connectivity index (χ4n) is 43.6. The van der Waals surface area contributed by atoms with Gasteiger partial charge in [0.1, 0.15) is 0 Å². The van der Waals surface area contributed by atoms with Crippen LogP contribution in [0.1, 0.15) is 545 Å². The van der Waals surface area contributed by atoms with Gasteiger partial charge < -0.3 is 46.0 Å². The molecule has 0 radical (unpaired) electrons. The van der Waals surface area contributed by atoms with Crippen LogP contribution in [0.3, 0.4) is 0 Å². The lowest BCUT2D eigenvalue weighted by molar-refractivity contribution is -0.154. The Balaban J connectivity index is 0.000000135. The first-order valence-electron chi connectivity index (χ1n) is 63.4. The van der Waals surface area contributed by atoms with Gasteiger partial charge in [-0.2, -0.15) is 0 Å². The van der Waals surface area contributed by atoms with Gasteiger partial charge >= 0.3 is 0 Å². The molecule has 9 heteroatoms. The average Bonchev–Trinajstić information content (AvgIpc) is 1.58. The van der Waals surface area contributed by atoms with E-state index in [9.17, 15) is 40.9 Å². The van der Waals surface area contributed by atoms with Gasteiger partial charge in [-0.1, -0.05) is 178 Å². The smallest absolute Gasteiger partial charge is 0.0682 e. The van der Waals surface area contributed by atoms with Gasteiger partial charge in [-0.05, 0) is 604 Å². The molecular weight excluding hydrogens is 1740 g/mol. The highest BCUT2D eigenvalue weighted by Crippen LogP contribution is 2.76. The van der Waals surface area contributed by atoms with Crippen molar-refractivity contribution >= 4 is 0 Å². The van der Waals surface area contributed by atoms with E-state index in [1.807, 2.05) is 0 Å². The Bertz CT molecular complexity index is 3780. The first-order valence-corrected chi connectivity index (χ1v) is 63.4. The molecule has 0 aromatic carbocycles. The van der Waals surface area contributed by atoms with Crippen molar-refractivity contribution in [3.05, 3.63) is 11.6 Å². The molecule has 19 saturated carbocycles. The molecule has 39 atom stereocenters. The van der Waals surface area contributed by atoms with Crippen molar-refractivity contribution in [2.75, 3.05) is 7.11 Å². The second kappa shape index (κ2) is 43.2. The zero-order chi connectivity index (χ0) is 103. The lowest BCUT2D eigenvalue weighted by Crippen LogP contribution is -2.56. The maximum Gasteiger partial charge on any atom is 0.0682 e. The molecular formula is C133H234O9. The number of aliphatic hydroxyl groups excluding tert-OH is 5. The highest BCUT2D eigenvalue weighted by Gasteiger charge is 2.68. The van der Waals surface area contributed by atoms with Crippen molar-refractivity contribution in [2.45, 2.75) is 592 Å². The molecule has 0 unspecified atom stereocenters. The first kappa shape index (κ1) is 114. The summed E-state index contributed by atoms with van der Waals surface area (Å²) in [7, 11) is 1.00. The summed E-state index contributed by atoms with van der Waals surface area (Å²) in [6.45, 7) is 58.7. The zero-order valence-electron chi connectivity index (χ0n) is 97.7. The van der Waals surface area contributed by atoms with Gasteiger partial charge in [-0.15, -0.1) is 0 Å². The Kier molecular flexibility index (Phi) is 34.6. The molecule has 0 amide bonds. The third-order valence-electron chi connectivity index (χ3n) is 54.7. The van der Waals surface area contributed by atoms with Crippen molar-refractivity contribution in [1.29, 1.82) is 0 Å². The van der Waals surface area contributed by atoms with E-state index in [1.54, 1.807) is 5.57 Å². The van der Waals surface area contributed by atoms with Gasteiger partial charge in [0.25, 0.3) is 0 Å². The molecule has 0 aromatic heterocycles. The van der Waals surface area contributed by atoms with E-state index >= 15 is 0 Å². The Morgan fingerprint density at radius 2 is 0.479 bits per heavy atom. The largest absolute Gasteiger partial charge is 0.400 e. The van der Waals surface area contributed by atoms with E-state index in [0.717, 1.165) is 222 Å². The lowest BCUT2D eigenvalue weighted by Gasteiger charge is -2.62. The van der Waals surface area contributed by atoms with Crippen LogP contribution in [0.25, 0.3) is 0 Å². The number of hydrogen-bond donors (Lipinski definition) is 9. The van der Waals surface area contributed by atoms with Gasteiger partial charge in [0.15, 0.2) is 0 Å². The number of allylic oxidation sites excluding steroid dienone is 1. The van der Waals surface area contributed by atoms with E-state index in [2.05, 4.69) is 172 Å². The summed E-state index contributed by atoms with van der Waals surface area (Å²) >= 11 is 0. The topological polar surface area (TPSA) is 182 Å². The van der Waals surface area contributed by atoms with Crippen molar-refractivity contribution in [2.24, 2.45) is 225 Å². The predicted molar refractivity (Wildman–Crippen MR) is 592 cm³/mol. The number of rotatable bonds is 20. The standard InChI is InChI=1S/3C33H58O2.C33H56O2.CH4O/c4*1-7-33(35)19-18-31(5)24(21-33)8-9-25-27-11-10-26(32(27,6)17-14-28(25)31)22(2)29(34)20-23-12-15-30(3,4)16-13-23;1-2/h3*22-29,34-35H,7-21H2,1-6H3;8,22-23,25-29,34-35H,7,9-21H2,1-6H3;2H,1H3/t2*22-,24+,25-,26+,27-,28-,29+,31-,32+,33-;22-,24-,25-,26+,27-,28-,29+,31-,32+,33-;22-,25-,26+,27-,28-,29+,31-,32+,33-;/m0000./s1. The van der Waals surface area contributed by atoms with Gasteiger partial charge in [0.05, 0.1) is 46.8 Å². The summed E-state index contributed by atoms with van der Waals surface area (Å²) in [5, 5.41) is 97.1. The fourth-order valence-corrected chi connectivity index (χ4v) is 43.6. The summed E-state index contributed by atoms with van der Waals surface area (Å²) in [6, 6.07) is 0. The summed E-state index contributed by atoms with van der Waals surface area (Å²) in [6.07, 6.45) is 75.5. The molecule has 9 N–H and O–H groups in total. The summed E-state index contributed by atoms with van der Waals surface area (Å²) < 4.78 is 0. The van der Waals surface area contributed by atoms with E-state index in [-0.39, 0.29) is 24.4 Å². The molecule has 142 heavy (non-hydrogen) atoms. The maximum absolute atomic E-state index is 11.4. The second-order valence-electron chi connectivity index (χ2n) is 63.3. The second-order valence-corrected chi connectivity index (χ2v) is 63.3. The Morgan fingerprint density at radius 3 is 0.732 bits per heavy atom. The van der Waals surface area contributed by atoms with Crippen LogP contribution in [0.15, 0.2) is 11.6 Å². The number of fused-ring (bicyclic) bond motifs is 20. The molecule has 820 valence electrons. The van der Waals surface area contributed by atoms with Crippen LogP contribution in [0.5, 0.6) is 0 Å². The van der Waals surface area contributed by atoms with Crippen molar-refractivity contribution in [3.8, 4) is 0 Å². The summed E-state index contributed by atoms with van der Waals surface area (Å²) in [4.78, 5) is 0. The van der Waals surface area contributed by atoms with Gasteiger partial charge in [-0.25, -0.2) is 0 Å². The highest BCUT2D eigenvalue weighted by molar-refractivity contribution is 5.28. The SMILES string of the molecule is CC[C@]1(O)CC[C@@]2(C)C(=CC[C@H]3[C@@H]4CC[C@H]([C@H](C)[C@H](O)CC5CCC(C)(C)CC5)[C@@]4(C)CC[C@@H]32)C1.CC[C@]1(O)CC[C@@]2(C)[C@@H](CC[C@@H]3[C@@H]2CC[C@]2(C)[C@@H]([C@H](C)[C@H](O)CC4CCC(C)(C)CC4)CC[C@@H]32)C1.CC[C@]1(O)CC[C@@]2(C)[C@H](CC[C@@H]3[C@@H]2CC[C@]2(C)[C@@H]([C@H](C)[C@H](O)CC4CCC(C)(C)CC4)CC[C@@H]32)C1.CC[C@]1(O)CC[C@@]2(C)[C@H](CC[C@@H]3[C@@H]2CC[C@]2(C)[C@@H]([C@H](C)[C@H](O)CC4CCC(C)(C)CC4)CC[C@@H]32)C1.CO. The van der Waals surface area contributed by atoms with E-state index < -0.39 is 22.4 Å². The molecule has 0 aromatic rings. The van der Waals surface area contributed by atoms with Crippen LogP contribution >= 0.6 is 0 Å². The minimum Gasteiger partial charge on any atom is -0.400 e. The third kappa shape index (κ3) is 22.1. The summed E-state index contributed by atoms with van der Waals surface area (Å²) in [5.74, 6) is 19.9. The van der Waals surface area contributed by atoms with Gasteiger partial charge in [0, 0.05) is 7.11 Å². The molecule has 0 bridgehead atoms. The molecule has 0 heterocycles. The van der Waals surface area contributed by atoms with Crippen LogP contribution in [0.2, 0.25) is 0 Å². The van der Waals surface area contributed by atoms with Crippen LogP contribution in [0, 0.1) is 225 Å². The Hall–Kier alpha value is -0.620. The molecule has 20 aliphatic carbocycles. The van der Waals surface area contributed by atoms with E-state index in [1.165, 1.54) is 276 Å². The quantitative estimate of drug-likeness (QED) is 0.0536. The maximum atomic E-state index is 11.4. The first-order chi connectivity index (χ1) is 66.6. The predicted octanol–water partition coefficient (Wildman–Crippen LogP) is 33.1. The van der Waals surface area contributed by atoms with Crippen LogP contribution in [0.4, 0.5) is 0 Å². The highest BCUT2D eigenvalue weighted by atomic mass is 16.3. The summed E-state index contributed by atoms with van der Waals surface area (Å²) in [5.41, 5.74) is 5.35. The van der Waals surface area contributed by atoms with Crippen LogP contribution in [-0.4, -0.2) is 99.9 Å². The Labute approximate surface area is 875 Å². The zero-order valence-corrected chi connectivity index (χ0v) is 97.7. The molecule has 20 aliphatic rings. The lowest BCUT2D eigenvalue weighted by atomic mass is 9.43. The number of hydrogen-bond acceptors (Lipinski definition) is 9.